The highest BCUT2D eigenvalue weighted by Crippen LogP contribution is 2.29. The van der Waals surface area contributed by atoms with Crippen molar-refractivity contribution in [2.24, 2.45) is 11.4 Å². The molecule has 0 N–H and O–H groups in total. The molecule has 0 saturated carbocycles. The number of nitrogens with zero attached hydrogens (tertiary/aromatic N) is 4. The molecule has 4 rings (SSSR count). The summed E-state index contributed by atoms with van der Waals surface area (Å²) in [5.41, 5.74) is -0.267. The smallest absolute Gasteiger partial charge is 0.335 e. The number of hydrogen-bond donors (Lipinski definition) is 0. The molecule has 0 amide bonds. The van der Waals surface area contributed by atoms with Crippen LogP contribution in [0.1, 0.15) is 17.0 Å². The zero-order chi connectivity index (χ0) is 20.2. The van der Waals surface area contributed by atoms with Crippen LogP contribution < -0.4 is 16.0 Å². The van der Waals surface area contributed by atoms with Gasteiger partial charge < -0.3 is 9.77 Å². The lowest BCUT2D eigenvalue weighted by Gasteiger charge is -2.11. The van der Waals surface area contributed by atoms with Gasteiger partial charge in [0.15, 0.2) is 11.9 Å². The van der Waals surface area contributed by atoms with E-state index in [0.29, 0.717) is 10.4 Å². The van der Waals surface area contributed by atoms with Gasteiger partial charge in [0.25, 0.3) is 15.6 Å². The maximum absolute atomic E-state index is 12.6. The normalized spacial score (nSPS) is 14.6. The highest BCUT2D eigenvalue weighted by molar-refractivity contribution is 7.90. The van der Waals surface area contributed by atoms with Crippen molar-refractivity contribution in [3.05, 3.63) is 91.7 Å². The minimum Gasteiger partial charge on any atom is -0.618 e. The first-order chi connectivity index (χ1) is 13.2. The van der Waals surface area contributed by atoms with E-state index in [-0.39, 0.29) is 27.6 Å². The SMILES string of the molecule is Cc1cc(=O)n(-c2ccc3c(c2)C(c2cccc[n+]2[O-])=NS3(=O)=O)c(=O)n1C. The first-order valence-corrected chi connectivity index (χ1v) is 9.63. The van der Waals surface area contributed by atoms with Crippen molar-refractivity contribution in [2.45, 2.75) is 11.8 Å². The van der Waals surface area contributed by atoms with Gasteiger partial charge in [0.05, 0.1) is 10.6 Å². The summed E-state index contributed by atoms with van der Waals surface area (Å²) in [7, 11) is -2.46. The molecule has 0 atom stereocenters. The Hall–Kier alpha value is -3.53. The maximum atomic E-state index is 12.6. The van der Waals surface area contributed by atoms with E-state index in [2.05, 4.69) is 4.40 Å². The zero-order valence-electron chi connectivity index (χ0n) is 14.9. The van der Waals surface area contributed by atoms with Gasteiger partial charge >= 0.3 is 5.69 Å². The molecule has 0 radical (unpaired) electrons. The molecule has 1 aliphatic heterocycles. The fraction of sp³-hybridized carbons (Fsp3) is 0.111. The summed E-state index contributed by atoms with van der Waals surface area (Å²) < 4.78 is 31.3. The van der Waals surface area contributed by atoms with Gasteiger partial charge in [-0.3, -0.25) is 4.79 Å². The van der Waals surface area contributed by atoms with Crippen LogP contribution in [0.4, 0.5) is 0 Å². The van der Waals surface area contributed by atoms with Crippen molar-refractivity contribution in [1.29, 1.82) is 0 Å². The number of aromatic nitrogens is 3. The van der Waals surface area contributed by atoms with Gasteiger partial charge in [-0.15, -0.1) is 0 Å². The molecule has 28 heavy (non-hydrogen) atoms. The van der Waals surface area contributed by atoms with E-state index in [9.17, 15) is 23.2 Å². The quantitative estimate of drug-likeness (QED) is 0.445. The van der Waals surface area contributed by atoms with Gasteiger partial charge in [0.1, 0.15) is 0 Å². The molecule has 0 fully saturated rings. The fourth-order valence-corrected chi connectivity index (χ4v) is 4.26. The lowest BCUT2D eigenvalue weighted by atomic mass is 10.1. The van der Waals surface area contributed by atoms with Crippen LogP contribution in [0, 0.1) is 12.1 Å². The van der Waals surface area contributed by atoms with Crippen molar-refractivity contribution in [2.75, 3.05) is 0 Å². The van der Waals surface area contributed by atoms with Crippen LogP contribution >= 0.6 is 0 Å². The molecule has 1 aromatic carbocycles. The monoisotopic (exact) mass is 398 g/mol. The third-order valence-electron chi connectivity index (χ3n) is 4.59. The Kier molecular flexibility index (Phi) is 3.82. The molecule has 10 heteroatoms. The summed E-state index contributed by atoms with van der Waals surface area (Å²) in [4.78, 5) is 24.9. The van der Waals surface area contributed by atoms with E-state index in [1.807, 2.05) is 0 Å². The van der Waals surface area contributed by atoms with Crippen molar-refractivity contribution >= 4 is 15.7 Å². The molecule has 142 valence electrons. The predicted octanol–water partition coefficient (Wildman–Crippen LogP) is 0.0177. The molecule has 0 unspecified atom stereocenters. The summed E-state index contributed by atoms with van der Waals surface area (Å²) in [6.07, 6.45) is 1.23. The lowest BCUT2D eigenvalue weighted by Crippen LogP contribution is -2.38. The maximum Gasteiger partial charge on any atom is 0.335 e. The van der Waals surface area contributed by atoms with Crippen LogP contribution in [0.3, 0.4) is 0 Å². The van der Waals surface area contributed by atoms with Crippen LogP contribution in [0.2, 0.25) is 0 Å². The van der Waals surface area contributed by atoms with Gasteiger partial charge in [-0.2, -0.15) is 17.5 Å². The minimum absolute atomic E-state index is 0.0376. The zero-order valence-corrected chi connectivity index (χ0v) is 15.7. The predicted molar refractivity (Wildman–Crippen MR) is 100 cm³/mol. The molecule has 1 aliphatic rings. The summed E-state index contributed by atoms with van der Waals surface area (Å²) >= 11 is 0. The van der Waals surface area contributed by atoms with Crippen LogP contribution in [0.15, 0.2) is 67.5 Å². The average molecular weight is 398 g/mol. The third kappa shape index (κ3) is 2.57. The van der Waals surface area contributed by atoms with Crippen LogP contribution in [-0.4, -0.2) is 23.3 Å². The number of fused-ring (bicyclic) bond motifs is 1. The fourth-order valence-electron chi connectivity index (χ4n) is 3.05. The van der Waals surface area contributed by atoms with E-state index < -0.39 is 21.3 Å². The highest BCUT2D eigenvalue weighted by atomic mass is 32.2. The van der Waals surface area contributed by atoms with Gasteiger partial charge in [0, 0.05) is 36.5 Å². The number of sulfonamides is 1. The second kappa shape index (κ2) is 5.99. The molecule has 0 bridgehead atoms. The molecule has 0 spiro atoms. The Morgan fingerprint density at radius 1 is 1.11 bits per heavy atom. The topological polar surface area (TPSA) is 117 Å². The lowest BCUT2D eigenvalue weighted by molar-refractivity contribution is -0.606. The van der Waals surface area contributed by atoms with E-state index in [1.165, 1.54) is 54.2 Å². The van der Waals surface area contributed by atoms with E-state index in [4.69, 9.17) is 0 Å². The van der Waals surface area contributed by atoms with Crippen molar-refractivity contribution in [1.82, 2.24) is 9.13 Å². The van der Waals surface area contributed by atoms with Crippen LogP contribution in [0.25, 0.3) is 5.69 Å². The van der Waals surface area contributed by atoms with Gasteiger partial charge in [0.2, 0.25) is 5.69 Å². The molecule has 2 aromatic heterocycles. The number of pyridine rings is 1. The van der Waals surface area contributed by atoms with Crippen molar-refractivity contribution < 1.29 is 13.1 Å². The second-order valence-corrected chi connectivity index (χ2v) is 7.88. The Morgan fingerprint density at radius 2 is 1.86 bits per heavy atom. The average Bonchev–Trinajstić information content (AvgIpc) is 2.91. The minimum atomic E-state index is -3.99. The number of hydrogen-bond acceptors (Lipinski definition) is 5. The van der Waals surface area contributed by atoms with Crippen LogP contribution in [0.5, 0.6) is 0 Å². The number of benzene rings is 1. The van der Waals surface area contributed by atoms with E-state index >= 15 is 0 Å². The molecule has 0 saturated heterocycles. The summed E-state index contributed by atoms with van der Waals surface area (Å²) in [5.74, 6) is 0. The first kappa shape index (κ1) is 17.9. The third-order valence-corrected chi connectivity index (χ3v) is 5.93. The molecule has 3 heterocycles. The summed E-state index contributed by atoms with van der Waals surface area (Å²) in [6, 6.07) is 9.87. The highest BCUT2D eigenvalue weighted by Gasteiger charge is 2.33. The largest absolute Gasteiger partial charge is 0.618 e. The molecular weight excluding hydrogens is 384 g/mol. The van der Waals surface area contributed by atoms with E-state index in [0.717, 1.165) is 4.57 Å². The Labute approximate surface area is 159 Å². The van der Waals surface area contributed by atoms with Gasteiger partial charge in [-0.05, 0) is 31.2 Å². The molecule has 3 aromatic rings. The molecular formula is C18H14N4O5S. The van der Waals surface area contributed by atoms with Gasteiger partial charge in [-0.25, -0.2) is 9.36 Å². The standard InChI is InChI=1S/C18H14N4O5S/c1-11-9-16(23)22(18(24)20(11)2)12-6-7-15-13(10-12)17(19-28(15,26)27)14-5-3-4-8-21(14)25/h3-10H,1-2H3. The molecule has 9 nitrogen and oxygen atoms in total. The first-order valence-electron chi connectivity index (χ1n) is 8.19. The van der Waals surface area contributed by atoms with Gasteiger partial charge in [-0.1, -0.05) is 0 Å². The summed E-state index contributed by atoms with van der Waals surface area (Å²) in [5, 5.41) is 12.1. The Balaban J connectivity index is 2.01. The van der Waals surface area contributed by atoms with Crippen molar-refractivity contribution in [3.8, 4) is 5.69 Å². The number of rotatable bonds is 2. The van der Waals surface area contributed by atoms with Crippen molar-refractivity contribution in [3.63, 3.8) is 0 Å². The van der Waals surface area contributed by atoms with E-state index in [1.54, 1.807) is 13.0 Å². The number of aryl methyl sites for hydroxylation is 1. The Morgan fingerprint density at radius 3 is 2.57 bits per heavy atom. The summed E-state index contributed by atoms with van der Waals surface area (Å²) in [6.45, 7) is 1.63. The second-order valence-electron chi connectivity index (χ2n) is 6.31. The van der Waals surface area contributed by atoms with Crippen LogP contribution in [-0.2, 0) is 17.1 Å². The molecule has 0 aliphatic carbocycles. The Bertz CT molecular complexity index is 1400.